The highest BCUT2D eigenvalue weighted by Crippen LogP contribution is 2.28. The second-order valence-electron chi connectivity index (χ2n) is 2.85. The minimum Gasteiger partial charge on any atom is -0.450 e. The topological polar surface area (TPSA) is 18.5 Å². The Bertz CT molecular complexity index is 142. The van der Waals surface area contributed by atoms with Crippen LogP contribution in [0.1, 0.15) is 25.7 Å². The zero-order valence-electron chi connectivity index (χ0n) is 5.71. The maximum absolute atomic E-state index is 5.27. The molecule has 0 amide bonds. The molecule has 2 fully saturated rings. The molecule has 3 heteroatoms. The van der Waals surface area contributed by atoms with Crippen LogP contribution in [0.3, 0.4) is 0 Å². The van der Waals surface area contributed by atoms with Crippen molar-refractivity contribution in [2.45, 2.75) is 37.9 Å². The van der Waals surface area contributed by atoms with Gasteiger partial charge in [-0.25, -0.2) is 0 Å². The van der Waals surface area contributed by atoms with Gasteiger partial charge in [0.2, 0.25) is 0 Å². The van der Waals surface area contributed by atoms with Gasteiger partial charge >= 0.3 is 5.24 Å². The Morgan fingerprint density at radius 3 is 2.10 bits per heavy atom. The minimum atomic E-state index is 0.279. The first-order valence-corrected chi connectivity index (χ1v) is 4.14. The molecule has 2 rings (SSSR count). The highest BCUT2D eigenvalue weighted by molar-refractivity contribution is 7.79. The summed E-state index contributed by atoms with van der Waals surface area (Å²) in [5.74, 6) is 0. The molecule has 2 atom stereocenters. The summed E-state index contributed by atoms with van der Waals surface area (Å²) in [6, 6.07) is 0. The largest absolute Gasteiger partial charge is 0.450 e. The Kier molecular flexibility index (Phi) is 1.52. The molecule has 1 saturated heterocycles. The average Bonchev–Trinajstić information content (AvgIpc) is 2.27. The fourth-order valence-corrected chi connectivity index (χ4v) is 1.85. The number of ether oxygens (including phenoxy) is 2. The van der Waals surface area contributed by atoms with E-state index in [1.165, 1.54) is 12.8 Å². The van der Waals surface area contributed by atoms with Crippen molar-refractivity contribution in [3.05, 3.63) is 0 Å². The van der Waals surface area contributed by atoms with E-state index in [1.807, 2.05) is 0 Å². The van der Waals surface area contributed by atoms with Crippen LogP contribution in [0.5, 0.6) is 0 Å². The first-order chi connectivity index (χ1) is 4.86. The number of thiocarbonyl (C=S) groups is 1. The fourth-order valence-electron chi connectivity index (χ4n) is 1.61. The first-order valence-electron chi connectivity index (χ1n) is 3.73. The quantitative estimate of drug-likeness (QED) is 0.499. The van der Waals surface area contributed by atoms with Crippen LogP contribution in [-0.2, 0) is 9.47 Å². The molecular weight excluding hydrogens is 148 g/mol. The van der Waals surface area contributed by atoms with Gasteiger partial charge in [-0.05, 0) is 25.7 Å². The molecule has 1 heterocycles. The Balaban J connectivity index is 2.04. The van der Waals surface area contributed by atoms with Crippen molar-refractivity contribution in [1.82, 2.24) is 0 Å². The predicted molar refractivity (Wildman–Crippen MR) is 40.8 cm³/mol. The van der Waals surface area contributed by atoms with Gasteiger partial charge in [0.25, 0.3) is 0 Å². The highest BCUT2D eigenvalue weighted by atomic mass is 32.1. The smallest absolute Gasteiger partial charge is 0.353 e. The molecule has 0 bridgehead atoms. The predicted octanol–water partition coefficient (Wildman–Crippen LogP) is 1.63. The summed E-state index contributed by atoms with van der Waals surface area (Å²) >= 11 is 4.79. The van der Waals surface area contributed by atoms with Crippen LogP contribution in [-0.4, -0.2) is 17.4 Å². The van der Waals surface area contributed by atoms with Gasteiger partial charge in [0.1, 0.15) is 12.2 Å². The Hall–Kier alpha value is -0.310. The van der Waals surface area contributed by atoms with Gasteiger partial charge < -0.3 is 9.47 Å². The van der Waals surface area contributed by atoms with Gasteiger partial charge in [-0.15, -0.1) is 0 Å². The maximum atomic E-state index is 5.27. The van der Waals surface area contributed by atoms with Crippen LogP contribution >= 0.6 is 12.2 Å². The zero-order chi connectivity index (χ0) is 6.97. The van der Waals surface area contributed by atoms with Crippen molar-refractivity contribution in [2.75, 3.05) is 0 Å². The molecule has 1 aliphatic carbocycles. The van der Waals surface area contributed by atoms with Crippen molar-refractivity contribution in [2.24, 2.45) is 0 Å². The first kappa shape index (κ1) is 6.40. The third-order valence-electron chi connectivity index (χ3n) is 2.14. The molecule has 0 N–H and O–H groups in total. The number of hydrogen-bond acceptors (Lipinski definition) is 3. The second kappa shape index (κ2) is 2.38. The van der Waals surface area contributed by atoms with Gasteiger partial charge in [0.15, 0.2) is 0 Å². The van der Waals surface area contributed by atoms with E-state index in [9.17, 15) is 0 Å². The molecule has 2 nitrogen and oxygen atoms in total. The maximum Gasteiger partial charge on any atom is 0.353 e. The summed E-state index contributed by atoms with van der Waals surface area (Å²) < 4.78 is 10.5. The van der Waals surface area contributed by atoms with Crippen LogP contribution in [0, 0.1) is 0 Å². The molecule has 0 aromatic rings. The SMILES string of the molecule is S=C1OC2CCCC[C@H]2O1. The number of rotatable bonds is 0. The van der Waals surface area contributed by atoms with E-state index in [2.05, 4.69) is 0 Å². The third-order valence-corrected chi connectivity index (χ3v) is 2.33. The molecule has 0 radical (unpaired) electrons. The lowest BCUT2D eigenvalue weighted by molar-refractivity contribution is 0.110. The Labute approximate surface area is 65.5 Å². The average molecular weight is 158 g/mol. The van der Waals surface area contributed by atoms with E-state index in [4.69, 9.17) is 21.7 Å². The van der Waals surface area contributed by atoms with Crippen LogP contribution in [0.25, 0.3) is 0 Å². The summed E-state index contributed by atoms with van der Waals surface area (Å²) in [4.78, 5) is 0. The molecule has 1 saturated carbocycles. The molecule has 1 unspecified atom stereocenters. The fraction of sp³-hybridized carbons (Fsp3) is 0.857. The van der Waals surface area contributed by atoms with Crippen LogP contribution in [0.4, 0.5) is 0 Å². The summed E-state index contributed by atoms with van der Waals surface area (Å²) in [6.07, 6.45) is 5.30. The van der Waals surface area contributed by atoms with Crippen molar-refractivity contribution in [3.63, 3.8) is 0 Å². The third kappa shape index (κ3) is 0.985. The second-order valence-corrected chi connectivity index (χ2v) is 3.18. The summed E-state index contributed by atoms with van der Waals surface area (Å²) in [6.45, 7) is 0. The molecule has 2 aliphatic rings. The summed E-state index contributed by atoms with van der Waals surface area (Å²) in [5, 5.41) is 0.358. The Morgan fingerprint density at radius 1 is 1.10 bits per heavy atom. The number of hydrogen-bond donors (Lipinski definition) is 0. The van der Waals surface area contributed by atoms with E-state index in [1.54, 1.807) is 0 Å². The lowest BCUT2D eigenvalue weighted by Gasteiger charge is -2.19. The Morgan fingerprint density at radius 2 is 1.60 bits per heavy atom. The lowest BCUT2D eigenvalue weighted by atomic mass is 9.95. The molecule has 1 aliphatic heterocycles. The normalized spacial score (nSPS) is 38.2. The molecule has 10 heavy (non-hydrogen) atoms. The van der Waals surface area contributed by atoms with Crippen molar-refractivity contribution in [3.8, 4) is 0 Å². The monoisotopic (exact) mass is 158 g/mol. The van der Waals surface area contributed by atoms with Gasteiger partial charge in [-0.1, -0.05) is 0 Å². The molecular formula is C7H10O2S. The molecule has 56 valence electrons. The van der Waals surface area contributed by atoms with Gasteiger partial charge in [-0.3, -0.25) is 0 Å². The van der Waals surface area contributed by atoms with Gasteiger partial charge in [0.05, 0.1) is 0 Å². The van der Waals surface area contributed by atoms with E-state index in [-0.39, 0.29) is 12.2 Å². The highest BCUT2D eigenvalue weighted by Gasteiger charge is 2.35. The minimum absolute atomic E-state index is 0.279. The molecule has 0 aromatic carbocycles. The van der Waals surface area contributed by atoms with E-state index >= 15 is 0 Å². The van der Waals surface area contributed by atoms with Gasteiger partial charge in [0, 0.05) is 12.2 Å². The van der Waals surface area contributed by atoms with Crippen LogP contribution in [0.2, 0.25) is 0 Å². The lowest BCUT2D eigenvalue weighted by Crippen LogP contribution is -2.25. The van der Waals surface area contributed by atoms with Crippen LogP contribution in [0.15, 0.2) is 0 Å². The summed E-state index contributed by atoms with van der Waals surface area (Å²) in [5.41, 5.74) is 0. The number of fused-ring (bicyclic) bond motifs is 1. The van der Waals surface area contributed by atoms with Crippen LogP contribution < -0.4 is 0 Å². The standard InChI is InChI=1S/C7H10O2S/c10-7-8-5-3-1-2-4-6(5)9-7/h5-6H,1-4H2/t5-,6?/m1/s1. The van der Waals surface area contributed by atoms with Gasteiger partial charge in [-0.2, -0.15) is 0 Å². The van der Waals surface area contributed by atoms with E-state index < -0.39 is 0 Å². The van der Waals surface area contributed by atoms with E-state index in [0.29, 0.717) is 5.24 Å². The van der Waals surface area contributed by atoms with E-state index in [0.717, 1.165) is 12.8 Å². The van der Waals surface area contributed by atoms with Crippen molar-refractivity contribution in [1.29, 1.82) is 0 Å². The molecule has 0 aromatic heterocycles. The zero-order valence-corrected chi connectivity index (χ0v) is 6.52. The van der Waals surface area contributed by atoms with Crippen molar-refractivity contribution < 1.29 is 9.47 Å². The summed E-state index contributed by atoms with van der Waals surface area (Å²) in [7, 11) is 0. The molecule has 0 spiro atoms. The van der Waals surface area contributed by atoms with Crippen molar-refractivity contribution >= 4 is 17.5 Å².